The summed E-state index contributed by atoms with van der Waals surface area (Å²) in [6, 6.07) is 0. The van der Waals surface area contributed by atoms with Crippen molar-refractivity contribution in [3.8, 4) is 0 Å². The zero-order chi connectivity index (χ0) is 30.0. The number of rotatable bonds is 17. The van der Waals surface area contributed by atoms with Crippen LogP contribution in [0.15, 0.2) is 0 Å². The monoisotopic (exact) mass is 546 g/mol. The third-order valence-corrected chi connectivity index (χ3v) is 6.98. The van der Waals surface area contributed by atoms with Gasteiger partial charge in [0, 0.05) is 0 Å². The zero-order valence-electron chi connectivity index (χ0n) is 25.5. The molecule has 0 bridgehead atoms. The number of likely N-dealkylation sites (N-methyl/N-ethyl adjacent to an activating group) is 1. The Morgan fingerprint density at radius 3 is 1.61 bits per heavy atom. The van der Waals surface area contributed by atoms with E-state index in [9.17, 15) is 19.2 Å². The van der Waals surface area contributed by atoms with Crippen molar-refractivity contribution in [1.29, 1.82) is 0 Å². The quantitative estimate of drug-likeness (QED) is 0.166. The van der Waals surface area contributed by atoms with E-state index in [1.54, 1.807) is 41.5 Å². The summed E-state index contributed by atoms with van der Waals surface area (Å²) in [4.78, 5) is 52.5. The summed E-state index contributed by atoms with van der Waals surface area (Å²) in [6.07, 6.45) is 0.436. The van der Waals surface area contributed by atoms with Gasteiger partial charge in [0.2, 0.25) is 0 Å². The van der Waals surface area contributed by atoms with Crippen LogP contribution in [-0.4, -0.2) is 94.7 Å². The highest BCUT2D eigenvalue weighted by atomic mass is 16.5. The lowest BCUT2D eigenvalue weighted by atomic mass is 9.61. The third kappa shape index (κ3) is 10.5. The maximum absolute atomic E-state index is 13.3. The van der Waals surface area contributed by atoms with E-state index in [0.717, 1.165) is 0 Å². The Morgan fingerprint density at radius 2 is 1.16 bits per heavy atom. The highest BCUT2D eigenvalue weighted by Crippen LogP contribution is 2.49. The van der Waals surface area contributed by atoms with E-state index < -0.39 is 45.5 Å². The molecule has 0 aromatic carbocycles. The molecule has 0 radical (unpaired) electrons. The largest absolute Gasteiger partial charge is 0.469 e. The van der Waals surface area contributed by atoms with Crippen LogP contribution in [0.2, 0.25) is 0 Å². The Bertz CT molecular complexity index is 820. The molecule has 10 heteroatoms. The van der Waals surface area contributed by atoms with E-state index in [-0.39, 0.29) is 45.7 Å². The number of aliphatic hydroxyl groups excluding tert-OH is 1. The predicted molar refractivity (Wildman–Crippen MR) is 143 cm³/mol. The summed E-state index contributed by atoms with van der Waals surface area (Å²) < 4.78 is 21.9. The fourth-order valence-corrected chi connectivity index (χ4v) is 5.00. The van der Waals surface area contributed by atoms with Crippen molar-refractivity contribution >= 4 is 23.9 Å². The minimum Gasteiger partial charge on any atom is -0.469 e. The summed E-state index contributed by atoms with van der Waals surface area (Å²) in [5.74, 6) is -2.15. The van der Waals surface area contributed by atoms with Crippen molar-refractivity contribution in [2.45, 2.75) is 74.1 Å². The number of esters is 4. The van der Waals surface area contributed by atoms with Crippen LogP contribution < -0.4 is 0 Å². The van der Waals surface area contributed by atoms with E-state index in [0.29, 0.717) is 17.4 Å². The first kappa shape index (κ1) is 35.8. The minimum absolute atomic E-state index is 0.00641. The standard InChI is InChI=1S/C28H52NO9/c1-12-26(5,23(33)37-16-14-29(8,9)10)19-28(7,22(32)35-11)20-27(6,24(34)36-13-2)18-25(3,4)21(31)38-17-15-30/h30H,12-20H2,1-11H3/q+1. The molecular formula is C28H52NO9+. The number of hydrogen-bond acceptors (Lipinski definition) is 9. The van der Waals surface area contributed by atoms with Crippen LogP contribution in [0.3, 0.4) is 0 Å². The molecule has 0 aliphatic heterocycles. The molecule has 0 rings (SSSR count). The first-order valence-electron chi connectivity index (χ1n) is 13.3. The molecule has 0 saturated carbocycles. The Hall–Kier alpha value is -2.20. The average Bonchev–Trinajstić information content (AvgIpc) is 2.80. The molecule has 0 aromatic rings. The molecule has 0 aliphatic carbocycles. The van der Waals surface area contributed by atoms with Gasteiger partial charge in [-0.3, -0.25) is 19.2 Å². The summed E-state index contributed by atoms with van der Waals surface area (Å²) in [5.41, 5.74) is -4.75. The topological polar surface area (TPSA) is 125 Å². The maximum atomic E-state index is 13.3. The number of nitrogens with zero attached hydrogens (tertiary/aromatic N) is 1. The number of carbonyl (C=O) groups is 4. The molecule has 3 atom stereocenters. The van der Waals surface area contributed by atoms with Crippen molar-refractivity contribution in [3.63, 3.8) is 0 Å². The van der Waals surface area contributed by atoms with E-state index in [1.165, 1.54) is 7.11 Å². The number of carbonyl (C=O) groups excluding carboxylic acids is 4. The second-order valence-corrected chi connectivity index (χ2v) is 12.7. The van der Waals surface area contributed by atoms with E-state index >= 15 is 0 Å². The van der Waals surface area contributed by atoms with Gasteiger partial charge in [-0.2, -0.15) is 0 Å². The van der Waals surface area contributed by atoms with Gasteiger partial charge in [0.05, 0.1) is 63.1 Å². The van der Waals surface area contributed by atoms with Gasteiger partial charge in [-0.1, -0.05) is 6.92 Å². The van der Waals surface area contributed by atoms with Crippen molar-refractivity contribution < 1.29 is 47.7 Å². The first-order valence-corrected chi connectivity index (χ1v) is 13.3. The second-order valence-electron chi connectivity index (χ2n) is 12.7. The molecule has 38 heavy (non-hydrogen) atoms. The molecule has 0 aliphatic rings. The van der Waals surface area contributed by atoms with Crippen molar-refractivity contribution in [1.82, 2.24) is 0 Å². The minimum atomic E-state index is -1.30. The maximum Gasteiger partial charge on any atom is 0.312 e. The Kier molecular flexibility index (Phi) is 13.4. The van der Waals surface area contributed by atoms with Gasteiger partial charge < -0.3 is 28.5 Å². The smallest absolute Gasteiger partial charge is 0.312 e. The van der Waals surface area contributed by atoms with Crippen molar-refractivity contribution in [3.05, 3.63) is 0 Å². The molecule has 1 N–H and O–H groups in total. The molecule has 0 heterocycles. The van der Waals surface area contributed by atoms with E-state index in [2.05, 4.69) is 0 Å². The van der Waals surface area contributed by atoms with Gasteiger partial charge in [0.1, 0.15) is 19.8 Å². The van der Waals surface area contributed by atoms with Crippen molar-refractivity contribution in [2.75, 3.05) is 61.2 Å². The summed E-state index contributed by atoms with van der Waals surface area (Å²) in [6.45, 7) is 12.4. The summed E-state index contributed by atoms with van der Waals surface area (Å²) in [5, 5.41) is 9.04. The number of hydrogen-bond donors (Lipinski definition) is 1. The van der Waals surface area contributed by atoms with Gasteiger partial charge >= 0.3 is 23.9 Å². The Morgan fingerprint density at radius 1 is 0.684 bits per heavy atom. The van der Waals surface area contributed by atoms with Crippen LogP contribution in [0.4, 0.5) is 0 Å². The molecule has 0 fully saturated rings. The van der Waals surface area contributed by atoms with Crippen LogP contribution in [0.25, 0.3) is 0 Å². The van der Waals surface area contributed by atoms with Crippen LogP contribution in [-0.2, 0) is 38.1 Å². The fraction of sp³-hybridized carbons (Fsp3) is 0.857. The van der Waals surface area contributed by atoms with E-state index in [1.807, 2.05) is 28.1 Å². The highest BCUT2D eigenvalue weighted by Gasteiger charge is 2.53. The van der Waals surface area contributed by atoms with Crippen LogP contribution >= 0.6 is 0 Å². The third-order valence-electron chi connectivity index (χ3n) is 6.98. The van der Waals surface area contributed by atoms with Gasteiger partial charge in [0.15, 0.2) is 0 Å². The lowest BCUT2D eigenvalue weighted by Crippen LogP contribution is -2.47. The number of methoxy groups -OCH3 is 1. The average molecular weight is 547 g/mol. The highest BCUT2D eigenvalue weighted by molar-refractivity contribution is 5.84. The lowest BCUT2D eigenvalue weighted by Gasteiger charge is -2.42. The molecule has 0 aromatic heterocycles. The predicted octanol–water partition coefficient (Wildman–Crippen LogP) is 3.13. The first-order chi connectivity index (χ1) is 17.3. The molecule has 0 spiro atoms. The Balaban J connectivity index is 6.32. The second kappa shape index (κ2) is 14.3. The Labute approximate surface area is 228 Å². The van der Waals surface area contributed by atoms with Gasteiger partial charge in [-0.15, -0.1) is 0 Å². The molecule has 0 saturated heterocycles. The van der Waals surface area contributed by atoms with Gasteiger partial charge in [0.25, 0.3) is 0 Å². The molecule has 10 nitrogen and oxygen atoms in total. The molecule has 222 valence electrons. The zero-order valence-corrected chi connectivity index (χ0v) is 25.5. The summed E-state index contributed by atoms with van der Waals surface area (Å²) in [7, 11) is 7.26. The normalized spacial score (nSPS) is 16.8. The van der Waals surface area contributed by atoms with E-state index in [4.69, 9.17) is 24.1 Å². The fourth-order valence-electron chi connectivity index (χ4n) is 5.00. The molecular weight excluding hydrogens is 494 g/mol. The number of aliphatic hydroxyl groups is 1. The van der Waals surface area contributed by atoms with Crippen molar-refractivity contribution in [2.24, 2.45) is 21.7 Å². The van der Waals surface area contributed by atoms with Gasteiger partial charge in [-0.05, 0) is 67.2 Å². The lowest BCUT2D eigenvalue weighted by molar-refractivity contribution is -0.870. The summed E-state index contributed by atoms with van der Waals surface area (Å²) >= 11 is 0. The van der Waals surface area contributed by atoms with Crippen LogP contribution in [0, 0.1) is 21.7 Å². The number of quaternary nitrogens is 1. The number of ether oxygens (including phenoxy) is 4. The van der Waals surface area contributed by atoms with Gasteiger partial charge in [-0.25, -0.2) is 0 Å². The molecule has 0 amide bonds. The molecule has 3 unspecified atom stereocenters. The van der Waals surface area contributed by atoms with Crippen LogP contribution in [0.1, 0.15) is 74.1 Å². The SMILES string of the molecule is CCOC(=O)C(C)(CC(C)(C)C(=O)OCCO)CC(C)(CC(C)(CC)C(=O)OCC[N+](C)(C)C)C(=O)OC. The van der Waals surface area contributed by atoms with Crippen LogP contribution in [0.5, 0.6) is 0 Å².